The van der Waals surface area contributed by atoms with E-state index in [1.807, 2.05) is 0 Å². The summed E-state index contributed by atoms with van der Waals surface area (Å²) >= 11 is 0. The number of carbonyl (C=O) groups excluding carboxylic acids is 2. The Labute approximate surface area is 93.5 Å². The lowest BCUT2D eigenvalue weighted by molar-refractivity contribution is -0.121. The number of Topliss-reactive ketones (excluding diaryl/α,β-unsaturated/α-hetero) is 1. The van der Waals surface area contributed by atoms with Crippen molar-refractivity contribution in [3.8, 4) is 5.75 Å². The fourth-order valence-corrected chi connectivity index (χ4v) is 1.83. The number of phenols is 1. The third kappa shape index (κ3) is 2.21. The Morgan fingerprint density at radius 3 is 2.88 bits per heavy atom. The molecule has 0 aliphatic carbocycles. The first-order chi connectivity index (χ1) is 7.66. The molecular weight excluding hydrogens is 206 g/mol. The number of amides is 1. The lowest BCUT2D eigenvalue weighted by Gasteiger charge is -2.25. The van der Waals surface area contributed by atoms with Crippen LogP contribution in [0.15, 0.2) is 24.3 Å². The molecule has 1 N–H and O–H groups in total. The number of nitrogens with zero attached hydrogens (tertiary/aromatic N) is 1. The molecule has 1 heterocycles. The molecule has 2 rings (SSSR count). The monoisotopic (exact) mass is 219 g/mol. The van der Waals surface area contributed by atoms with Crippen LogP contribution in [0.5, 0.6) is 5.75 Å². The second kappa shape index (κ2) is 4.35. The van der Waals surface area contributed by atoms with Crippen molar-refractivity contribution < 1.29 is 14.7 Å². The molecule has 4 heteroatoms. The van der Waals surface area contributed by atoms with Crippen LogP contribution < -0.4 is 0 Å². The van der Waals surface area contributed by atoms with Gasteiger partial charge in [0, 0.05) is 18.5 Å². The van der Waals surface area contributed by atoms with Gasteiger partial charge in [-0.15, -0.1) is 0 Å². The van der Waals surface area contributed by atoms with Crippen molar-refractivity contribution in [3.05, 3.63) is 29.8 Å². The first-order valence-corrected chi connectivity index (χ1v) is 5.27. The molecule has 1 saturated heterocycles. The van der Waals surface area contributed by atoms with E-state index in [2.05, 4.69) is 0 Å². The number of ketones is 1. The van der Waals surface area contributed by atoms with E-state index in [-0.39, 0.29) is 24.0 Å². The molecule has 0 atom stereocenters. The standard InChI is InChI=1S/C12H13NO3/c14-10-4-1-3-9(7-10)12(16)13-6-2-5-11(15)8-13/h1,3-4,7,14H,2,5-6,8H2. The third-order valence-electron chi connectivity index (χ3n) is 2.63. The molecule has 1 amide bonds. The first-order valence-electron chi connectivity index (χ1n) is 5.27. The highest BCUT2D eigenvalue weighted by molar-refractivity contribution is 5.97. The molecule has 84 valence electrons. The van der Waals surface area contributed by atoms with E-state index in [0.29, 0.717) is 18.5 Å². The molecule has 0 saturated carbocycles. The molecule has 16 heavy (non-hydrogen) atoms. The van der Waals surface area contributed by atoms with Crippen molar-refractivity contribution in [3.63, 3.8) is 0 Å². The number of carbonyl (C=O) groups is 2. The number of hydrogen-bond donors (Lipinski definition) is 1. The maximum absolute atomic E-state index is 12.0. The smallest absolute Gasteiger partial charge is 0.254 e. The van der Waals surface area contributed by atoms with E-state index in [1.165, 1.54) is 17.0 Å². The Morgan fingerprint density at radius 1 is 1.38 bits per heavy atom. The fraction of sp³-hybridized carbons (Fsp3) is 0.333. The minimum absolute atomic E-state index is 0.0641. The van der Waals surface area contributed by atoms with E-state index in [1.54, 1.807) is 12.1 Å². The molecular formula is C12H13NO3. The highest BCUT2D eigenvalue weighted by Gasteiger charge is 2.22. The topological polar surface area (TPSA) is 57.6 Å². The van der Waals surface area contributed by atoms with Gasteiger partial charge >= 0.3 is 0 Å². The molecule has 1 aromatic carbocycles. The summed E-state index contributed by atoms with van der Waals surface area (Å²) in [5.74, 6) is -0.0297. The number of rotatable bonds is 1. The largest absolute Gasteiger partial charge is 0.508 e. The third-order valence-corrected chi connectivity index (χ3v) is 2.63. The van der Waals surface area contributed by atoms with Crippen LogP contribution in [0.4, 0.5) is 0 Å². The zero-order valence-corrected chi connectivity index (χ0v) is 8.85. The van der Waals surface area contributed by atoms with Gasteiger partial charge in [-0.3, -0.25) is 9.59 Å². The summed E-state index contributed by atoms with van der Waals surface area (Å²) in [6, 6.07) is 6.19. The summed E-state index contributed by atoms with van der Waals surface area (Å²) in [6.07, 6.45) is 1.28. The summed E-state index contributed by atoms with van der Waals surface area (Å²) in [5, 5.41) is 9.27. The summed E-state index contributed by atoms with van der Waals surface area (Å²) < 4.78 is 0. The van der Waals surface area contributed by atoms with Gasteiger partial charge in [-0.05, 0) is 24.6 Å². The lowest BCUT2D eigenvalue weighted by atomic mass is 10.1. The van der Waals surface area contributed by atoms with E-state index >= 15 is 0 Å². The number of aromatic hydroxyl groups is 1. The SMILES string of the molecule is O=C1CCCN(C(=O)c2cccc(O)c2)C1. The molecule has 0 aromatic heterocycles. The van der Waals surface area contributed by atoms with Gasteiger partial charge in [-0.2, -0.15) is 0 Å². The van der Waals surface area contributed by atoms with E-state index in [9.17, 15) is 14.7 Å². The van der Waals surface area contributed by atoms with Crippen LogP contribution in [0.1, 0.15) is 23.2 Å². The van der Waals surface area contributed by atoms with Crippen LogP contribution in [0, 0.1) is 0 Å². The Hall–Kier alpha value is -1.84. The molecule has 4 nitrogen and oxygen atoms in total. The highest BCUT2D eigenvalue weighted by atomic mass is 16.3. The Kier molecular flexibility index (Phi) is 2.90. The van der Waals surface area contributed by atoms with Crippen molar-refractivity contribution in [2.75, 3.05) is 13.1 Å². The van der Waals surface area contributed by atoms with Crippen LogP contribution in [0.25, 0.3) is 0 Å². The maximum atomic E-state index is 12.0. The summed E-state index contributed by atoms with van der Waals surface area (Å²) in [4.78, 5) is 24.7. The quantitative estimate of drug-likeness (QED) is 0.772. The average molecular weight is 219 g/mol. The van der Waals surface area contributed by atoms with Gasteiger partial charge in [0.1, 0.15) is 5.75 Å². The van der Waals surface area contributed by atoms with Gasteiger partial charge in [0.2, 0.25) is 0 Å². The van der Waals surface area contributed by atoms with Crippen molar-refractivity contribution >= 4 is 11.7 Å². The second-order valence-electron chi connectivity index (χ2n) is 3.92. The average Bonchev–Trinajstić information content (AvgIpc) is 2.28. The molecule has 0 bridgehead atoms. The van der Waals surface area contributed by atoms with Crippen LogP contribution in [0.3, 0.4) is 0 Å². The number of likely N-dealkylation sites (tertiary alicyclic amines) is 1. The molecule has 0 spiro atoms. The van der Waals surface area contributed by atoms with Crippen LogP contribution in [0.2, 0.25) is 0 Å². The van der Waals surface area contributed by atoms with Gasteiger partial charge in [0.15, 0.2) is 5.78 Å². The molecule has 1 aromatic rings. The number of phenolic OH excluding ortho intramolecular Hbond substituents is 1. The van der Waals surface area contributed by atoms with Crippen LogP contribution in [-0.2, 0) is 4.79 Å². The van der Waals surface area contributed by atoms with Gasteiger partial charge in [-0.1, -0.05) is 6.07 Å². The number of benzene rings is 1. The molecule has 1 fully saturated rings. The zero-order valence-electron chi connectivity index (χ0n) is 8.85. The van der Waals surface area contributed by atoms with Gasteiger partial charge in [0.25, 0.3) is 5.91 Å². The van der Waals surface area contributed by atoms with Crippen molar-refractivity contribution in [1.29, 1.82) is 0 Å². The predicted molar refractivity (Wildman–Crippen MR) is 58.3 cm³/mol. The van der Waals surface area contributed by atoms with Gasteiger partial charge in [0.05, 0.1) is 6.54 Å². The Morgan fingerprint density at radius 2 is 2.19 bits per heavy atom. The van der Waals surface area contributed by atoms with Crippen LogP contribution in [-0.4, -0.2) is 34.8 Å². The first kappa shape index (κ1) is 10.7. The fourth-order valence-electron chi connectivity index (χ4n) is 1.83. The summed E-state index contributed by atoms with van der Waals surface area (Å²) in [6.45, 7) is 0.800. The molecule has 0 unspecified atom stereocenters. The second-order valence-corrected chi connectivity index (χ2v) is 3.92. The van der Waals surface area contributed by atoms with Crippen molar-refractivity contribution in [2.24, 2.45) is 0 Å². The van der Waals surface area contributed by atoms with E-state index in [0.717, 1.165) is 6.42 Å². The Balaban J connectivity index is 2.15. The number of piperidine rings is 1. The summed E-state index contributed by atoms with van der Waals surface area (Å²) in [7, 11) is 0. The van der Waals surface area contributed by atoms with Gasteiger partial charge < -0.3 is 10.0 Å². The van der Waals surface area contributed by atoms with E-state index < -0.39 is 0 Å². The van der Waals surface area contributed by atoms with Crippen LogP contribution >= 0.6 is 0 Å². The molecule has 1 aliphatic rings. The molecule has 0 radical (unpaired) electrons. The normalized spacial score (nSPS) is 16.2. The Bertz CT molecular complexity index is 428. The minimum atomic E-state index is -0.191. The minimum Gasteiger partial charge on any atom is -0.508 e. The highest BCUT2D eigenvalue weighted by Crippen LogP contribution is 2.15. The van der Waals surface area contributed by atoms with Gasteiger partial charge in [-0.25, -0.2) is 0 Å². The van der Waals surface area contributed by atoms with Crippen molar-refractivity contribution in [1.82, 2.24) is 4.90 Å². The summed E-state index contributed by atoms with van der Waals surface area (Å²) in [5.41, 5.74) is 0.426. The zero-order chi connectivity index (χ0) is 11.5. The number of hydrogen-bond acceptors (Lipinski definition) is 3. The lowest BCUT2D eigenvalue weighted by Crippen LogP contribution is -2.40. The maximum Gasteiger partial charge on any atom is 0.254 e. The molecule has 1 aliphatic heterocycles. The predicted octanol–water partition coefficient (Wildman–Crippen LogP) is 1.20. The van der Waals surface area contributed by atoms with Crippen molar-refractivity contribution in [2.45, 2.75) is 12.8 Å². The van der Waals surface area contributed by atoms with E-state index in [4.69, 9.17) is 0 Å².